The Kier molecular flexibility index (Phi) is 5.81. The second-order valence-electron chi connectivity index (χ2n) is 4.72. The van der Waals surface area contributed by atoms with Crippen LogP contribution in [0.4, 0.5) is 0 Å². The maximum Gasteiger partial charge on any atom is 0.310 e. The van der Waals surface area contributed by atoms with Crippen LogP contribution in [0.2, 0.25) is 0 Å². The number of ether oxygens (including phenoxy) is 1. The minimum Gasteiger partial charge on any atom is -0.466 e. The summed E-state index contributed by atoms with van der Waals surface area (Å²) < 4.78 is 5.10. The fourth-order valence-electron chi connectivity index (χ4n) is 2.46. The molecule has 94 valence electrons. The Bertz CT molecular complexity index is 218. The molecule has 0 aromatic carbocycles. The van der Waals surface area contributed by atoms with E-state index in [2.05, 4.69) is 18.7 Å². The molecule has 0 spiro atoms. The highest BCUT2D eigenvalue weighted by Gasteiger charge is 2.28. The zero-order chi connectivity index (χ0) is 12.0. The highest BCUT2D eigenvalue weighted by molar-refractivity contribution is 5.72. The number of carbonyl (C=O) groups excluding carboxylic acids is 1. The molecule has 0 N–H and O–H groups in total. The van der Waals surface area contributed by atoms with Gasteiger partial charge < -0.3 is 4.74 Å². The van der Waals surface area contributed by atoms with E-state index < -0.39 is 0 Å². The monoisotopic (exact) mass is 227 g/mol. The van der Waals surface area contributed by atoms with E-state index in [1.807, 2.05) is 6.92 Å². The fourth-order valence-corrected chi connectivity index (χ4v) is 2.46. The third-order valence-electron chi connectivity index (χ3n) is 3.40. The van der Waals surface area contributed by atoms with Crippen molar-refractivity contribution < 1.29 is 9.53 Å². The minimum atomic E-state index is -0.00380. The summed E-state index contributed by atoms with van der Waals surface area (Å²) in [6.07, 6.45) is 4.54. The van der Waals surface area contributed by atoms with Gasteiger partial charge in [0.1, 0.15) is 0 Å². The van der Waals surface area contributed by atoms with Crippen LogP contribution in [0.3, 0.4) is 0 Å². The third-order valence-corrected chi connectivity index (χ3v) is 3.40. The molecule has 0 aromatic rings. The number of hydrogen-bond donors (Lipinski definition) is 0. The van der Waals surface area contributed by atoms with Crippen LogP contribution < -0.4 is 0 Å². The third kappa shape index (κ3) is 3.78. The van der Waals surface area contributed by atoms with Gasteiger partial charge in [0, 0.05) is 12.6 Å². The highest BCUT2D eigenvalue weighted by Crippen LogP contribution is 2.21. The molecule has 1 heterocycles. The van der Waals surface area contributed by atoms with Crippen LogP contribution in [-0.4, -0.2) is 36.6 Å². The van der Waals surface area contributed by atoms with Crippen molar-refractivity contribution in [2.24, 2.45) is 5.92 Å². The molecule has 1 aliphatic rings. The molecule has 0 radical (unpaired) electrons. The molecule has 16 heavy (non-hydrogen) atoms. The quantitative estimate of drug-likeness (QED) is 0.676. The average molecular weight is 227 g/mol. The Morgan fingerprint density at radius 1 is 1.50 bits per heavy atom. The van der Waals surface area contributed by atoms with Crippen molar-refractivity contribution in [3.05, 3.63) is 0 Å². The Morgan fingerprint density at radius 2 is 2.25 bits per heavy atom. The van der Waals surface area contributed by atoms with Crippen LogP contribution in [0.1, 0.15) is 46.5 Å². The van der Waals surface area contributed by atoms with Gasteiger partial charge in [0.15, 0.2) is 0 Å². The molecule has 3 heteroatoms. The van der Waals surface area contributed by atoms with Gasteiger partial charge in [0.2, 0.25) is 0 Å². The van der Waals surface area contributed by atoms with E-state index in [-0.39, 0.29) is 11.9 Å². The lowest BCUT2D eigenvalue weighted by Gasteiger charge is -2.35. The Morgan fingerprint density at radius 3 is 2.88 bits per heavy atom. The van der Waals surface area contributed by atoms with Gasteiger partial charge in [0.25, 0.3) is 0 Å². The van der Waals surface area contributed by atoms with Gasteiger partial charge in [-0.3, -0.25) is 9.69 Å². The summed E-state index contributed by atoms with van der Waals surface area (Å²) in [6.45, 7) is 8.87. The van der Waals surface area contributed by atoms with Crippen LogP contribution in [0.15, 0.2) is 0 Å². The van der Waals surface area contributed by atoms with Gasteiger partial charge in [-0.05, 0) is 39.7 Å². The fraction of sp³-hybridized carbons (Fsp3) is 0.923. The van der Waals surface area contributed by atoms with Crippen molar-refractivity contribution in [1.29, 1.82) is 0 Å². The molecule has 0 amide bonds. The smallest absolute Gasteiger partial charge is 0.310 e. The molecule has 1 unspecified atom stereocenters. The predicted octanol–water partition coefficient (Wildman–Crippen LogP) is 2.45. The summed E-state index contributed by atoms with van der Waals surface area (Å²) in [4.78, 5) is 14.1. The molecule has 1 rings (SSSR count). The summed E-state index contributed by atoms with van der Waals surface area (Å²) in [5, 5.41) is 0. The number of nitrogens with zero attached hydrogens (tertiary/aromatic N) is 1. The second-order valence-corrected chi connectivity index (χ2v) is 4.72. The molecule has 0 aromatic heterocycles. The van der Waals surface area contributed by atoms with Crippen LogP contribution in [-0.2, 0) is 9.53 Å². The first-order valence-corrected chi connectivity index (χ1v) is 6.59. The van der Waals surface area contributed by atoms with Crippen molar-refractivity contribution >= 4 is 5.97 Å². The predicted molar refractivity (Wildman–Crippen MR) is 65.3 cm³/mol. The van der Waals surface area contributed by atoms with E-state index in [0.29, 0.717) is 12.6 Å². The first-order valence-electron chi connectivity index (χ1n) is 6.59. The summed E-state index contributed by atoms with van der Waals surface area (Å²) in [7, 11) is 0. The highest BCUT2D eigenvalue weighted by atomic mass is 16.5. The number of carbonyl (C=O) groups is 1. The lowest BCUT2D eigenvalue weighted by molar-refractivity contribution is -0.150. The standard InChI is InChI=1S/C13H25NO2/c1-4-7-11(3)14-9-6-8-12(10-14)13(15)16-5-2/h11-12H,4-10H2,1-3H3/t11?,12-/m0/s1. The van der Waals surface area contributed by atoms with E-state index >= 15 is 0 Å². The van der Waals surface area contributed by atoms with Gasteiger partial charge >= 0.3 is 5.97 Å². The van der Waals surface area contributed by atoms with E-state index in [1.54, 1.807) is 0 Å². The zero-order valence-electron chi connectivity index (χ0n) is 10.9. The Hall–Kier alpha value is -0.570. The lowest BCUT2D eigenvalue weighted by Crippen LogP contribution is -2.43. The number of likely N-dealkylation sites (tertiary alicyclic amines) is 1. The average Bonchev–Trinajstić information content (AvgIpc) is 2.30. The minimum absolute atomic E-state index is 0.00380. The van der Waals surface area contributed by atoms with E-state index in [1.165, 1.54) is 12.8 Å². The molecule has 0 saturated carbocycles. The van der Waals surface area contributed by atoms with E-state index in [4.69, 9.17) is 4.74 Å². The summed E-state index contributed by atoms with van der Waals surface area (Å²) in [5.74, 6) is 0.101. The van der Waals surface area contributed by atoms with Crippen LogP contribution >= 0.6 is 0 Å². The van der Waals surface area contributed by atoms with E-state index in [9.17, 15) is 4.79 Å². The first kappa shape index (κ1) is 13.5. The van der Waals surface area contributed by atoms with Crippen LogP contribution in [0.5, 0.6) is 0 Å². The SMILES string of the molecule is CCCC(C)N1CCC[C@H](C(=O)OCC)C1. The molecule has 0 aliphatic carbocycles. The molecule has 2 atom stereocenters. The molecule has 1 fully saturated rings. The van der Waals surface area contributed by atoms with Gasteiger partial charge in [0.05, 0.1) is 12.5 Å². The molecule has 3 nitrogen and oxygen atoms in total. The Balaban J connectivity index is 2.43. The largest absolute Gasteiger partial charge is 0.466 e. The number of rotatable bonds is 5. The van der Waals surface area contributed by atoms with Gasteiger partial charge in [-0.25, -0.2) is 0 Å². The van der Waals surface area contributed by atoms with Crippen molar-refractivity contribution in [3.8, 4) is 0 Å². The number of esters is 1. The lowest BCUT2D eigenvalue weighted by atomic mass is 9.96. The number of hydrogen-bond acceptors (Lipinski definition) is 3. The second kappa shape index (κ2) is 6.89. The first-order chi connectivity index (χ1) is 7.69. The normalized spacial score (nSPS) is 24.1. The molecule has 1 saturated heterocycles. The van der Waals surface area contributed by atoms with Gasteiger partial charge in [-0.15, -0.1) is 0 Å². The van der Waals surface area contributed by atoms with Crippen LogP contribution in [0.25, 0.3) is 0 Å². The molecular weight excluding hydrogens is 202 g/mol. The zero-order valence-corrected chi connectivity index (χ0v) is 10.9. The van der Waals surface area contributed by atoms with Gasteiger partial charge in [-0.1, -0.05) is 13.3 Å². The Labute approximate surface area is 99.1 Å². The topological polar surface area (TPSA) is 29.5 Å². The van der Waals surface area contributed by atoms with Crippen LogP contribution in [0, 0.1) is 5.92 Å². The van der Waals surface area contributed by atoms with Crippen molar-refractivity contribution in [2.45, 2.75) is 52.5 Å². The van der Waals surface area contributed by atoms with Crippen molar-refractivity contribution in [3.63, 3.8) is 0 Å². The maximum absolute atomic E-state index is 11.7. The van der Waals surface area contributed by atoms with Gasteiger partial charge in [-0.2, -0.15) is 0 Å². The summed E-state index contributed by atoms with van der Waals surface area (Å²) in [5.41, 5.74) is 0. The van der Waals surface area contributed by atoms with Crippen molar-refractivity contribution in [1.82, 2.24) is 4.90 Å². The number of piperidine rings is 1. The molecule has 0 bridgehead atoms. The van der Waals surface area contributed by atoms with E-state index in [0.717, 1.165) is 25.9 Å². The summed E-state index contributed by atoms with van der Waals surface area (Å²) in [6, 6.07) is 0.599. The molecule has 1 aliphatic heterocycles. The molecular formula is C13H25NO2. The van der Waals surface area contributed by atoms with Crippen molar-refractivity contribution in [2.75, 3.05) is 19.7 Å². The summed E-state index contributed by atoms with van der Waals surface area (Å²) >= 11 is 0. The maximum atomic E-state index is 11.7.